The highest BCUT2D eigenvalue weighted by molar-refractivity contribution is 6.32. The fraction of sp³-hybridized carbons (Fsp3) is 0.286. The molecule has 1 N–H and O–H groups in total. The third kappa shape index (κ3) is 3.96. The van der Waals surface area contributed by atoms with Crippen molar-refractivity contribution in [3.05, 3.63) is 41.7 Å². The Kier molecular flexibility index (Phi) is 5.19. The number of carbonyl (C=O) groups is 1. The molecule has 0 atom stereocenters. The Morgan fingerprint density at radius 1 is 1.52 bits per heavy atom. The third-order valence-corrected chi connectivity index (χ3v) is 3.23. The Balaban J connectivity index is 2.05. The lowest BCUT2D eigenvalue weighted by molar-refractivity contribution is 0.165. The molecule has 6 nitrogen and oxygen atoms in total. The van der Waals surface area contributed by atoms with Crippen LogP contribution < -0.4 is 5.32 Å². The number of nitrogens with one attached hydrogen (secondary N) is 1. The zero-order chi connectivity index (χ0) is 15.2. The van der Waals surface area contributed by atoms with Crippen molar-refractivity contribution in [1.29, 1.82) is 0 Å². The molecule has 1 aromatic carbocycles. The number of rotatable bonds is 5. The summed E-state index contributed by atoms with van der Waals surface area (Å²) in [5.74, 6) is 0. The molecule has 1 heterocycles. The van der Waals surface area contributed by atoms with E-state index in [-0.39, 0.29) is 6.03 Å². The Morgan fingerprint density at radius 2 is 2.33 bits per heavy atom. The molecule has 0 aliphatic rings. The first-order chi connectivity index (χ1) is 10.1. The van der Waals surface area contributed by atoms with Crippen LogP contribution in [0.25, 0.3) is 5.69 Å². The van der Waals surface area contributed by atoms with E-state index in [0.29, 0.717) is 23.9 Å². The molecule has 0 spiro atoms. The summed E-state index contributed by atoms with van der Waals surface area (Å²) in [6.07, 6.45) is 3.48. The van der Waals surface area contributed by atoms with Crippen molar-refractivity contribution in [2.24, 2.45) is 0 Å². The van der Waals surface area contributed by atoms with Crippen LogP contribution in [0.4, 0.5) is 10.5 Å². The number of hydrogen-bond donors (Lipinski definition) is 1. The number of urea groups is 1. The number of methoxy groups -OCH3 is 1. The van der Waals surface area contributed by atoms with Crippen molar-refractivity contribution < 1.29 is 9.53 Å². The van der Waals surface area contributed by atoms with Crippen LogP contribution in [0.15, 0.2) is 36.7 Å². The molecule has 2 rings (SSSR count). The van der Waals surface area contributed by atoms with Gasteiger partial charge < -0.3 is 15.0 Å². The summed E-state index contributed by atoms with van der Waals surface area (Å²) in [4.78, 5) is 13.5. The zero-order valence-electron chi connectivity index (χ0n) is 11.9. The standard InChI is InChI=1S/C14H17ClN4O2/c1-18(8-9-21-2)14(20)17-11-4-5-13(12(15)10-11)19-7-3-6-16-19/h3-7,10H,8-9H2,1-2H3,(H,17,20). The molecule has 0 bridgehead atoms. The second kappa shape index (κ2) is 7.10. The van der Waals surface area contributed by atoms with Gasteiger partial charge in [0.05, 0.1) is 17.3 Å². The molecular formula is C14H17ClN4O2. The number of halogens is 1. The highest BCUT2D eigenvalue weighted by atomic mass is 35.5. The zero-order valence-corrected chi connectivity index (χ0v) is 12.7. The molecule has 0 saturated carbocycles. The van der Waals surface area contributed by atoms with E-state index >= 15 is 0 Å². The van der Waals surface area contributed by atoms with E-state index in [1.807, 2.05) is 6.07 Å². The lowest BCUT2D eigenvalue weighted by Gasteiger charge is -2.17. The largest absolute Gasteiger partial charge is 0.383 e. The summed E-state index contributed by atoms with van der Waals surface area (Å²) < 4.78 is 6.60. The first kappa shape index (κ1) is 15.3. The average molecular weight is 309 g/mol. The smallest absolute Gasteiger partial charge is 0.321 e. The van der Waals surface area contributed by atoms with E-state index in [2.05, 4.69) is 10.4 Å². The molecule has 1 aromatic heterocycles. The number of benzene rings is 1. The van der Waals surface area contributed by atoms with Crippen LogP contribution in [0.1, 0.15) is 0 Å². The van der Waals surface area contributed by atoms with Gasteiger partial charge in [-0.25, -0.2) is 9.48 Å². The maximum atomic E-state index is 11.9. The molecule has 0 radical (unpaired) electrons. The van der Waals surface area contributed by atoms with Gasteiger partial charge in [0.15, 0.2) is 0 Å². The number of hydrogen-bond acceptors (Lipinski definition) is 3. The number of likely N-dealkylation sites (N-methyl/N-ethyl adjacent to an activating group) is 1. The molecular weight excluding hydrogens is 292 g/mol. The van der Waals surface area contributed by atoms with Crippen molar-refractivity contribution in [3.8, 4) is 5.69 Å². The number of anilines is 1. The molecule has 0 aliphatic heterocycles. The van der Waals surface area contributed by atoms with E-state index in [1.165, 1.54) is 0 Å². The summed E-state index contributed by atoms with van der Waals surface area (Å²) in [5.41, 5.74) is 1.39. The fourth-order valence-corrected chi connectivity index (χ4v) is 2.00. The molecule has 21 heavy (non-hydrogen) atoms. The lowest BCUT2D eigenvalue weighted by atomic mass is 10.3. The average Bonchev–Trinajstić information content (AvgIpc) is 2.98. The van der Waals surface area contributed by atoms with Gasteiger partial charge >= 0.3 is 6.03 Å². The van der Waals surface area contributed by atoms with Gasteiger partial charge in [-0.2, -0.15) is 5.10 Å². The summed E-state index contributed by atoms with van der Waals surface area (Å²) in [6.45, 7) is 1.00. The van der Waals surface area contributed by atoms with Gasteiger partial charge in [0.2, 0.25) is 0 Å². The molecule has 2 amide bonds. The molecule has 7 heteroatoms. The third-order valence-electron chi connectivity index (χ3n) is 2.93. The predicted octanol–water partition coefficient (Wildman–Crippen LogP) is 2.64. The minimum Gasteiger partial charge on any atom is -0.383 e. The second-order valence-corrected chi connectivity index (χ2v) is 4.87. The van der Waals surface area contributed by atoms with Gasteiger partial charge in [0.25, 0.3) is 0 Å². The van der Waals surface area contributed by atoms with Crippen LogP contribution in [-0.4, -0.2) is 48.0 Å². The second-order valence-electron chi connectivity index (χ2n) is 4.46. The van der Waals surface area contributed by atoms with Crippen LogP contribution in [0.3, 0.4) is 0 Å². The Hall–Kier alpha value is -2.05. The van der Waals surface area contributed by atoms with Crippen LogP contribution in [0.2, 0.25) is 5.02 Å². The van der Waals surface area contributed by atoms with Crippen molar-refractivity contribution in [2.45, 2.75) is 0 Å². The lowest BCUT2D eigenvalue weighted by Crippen LogP contribution is -2.33. The maximum Gasteiger partial charge on any atom is 0.321 e. The number of nitrogens with zero attached hydrogens (tertiary/aromatic N) is 3. The van der Waals surface area contributed by atoms with Gasteiger partial charge in [-0.15, -0.1) is 0 Å². The summed E-state index contributed by atoms with van der Waals surface area (Å²) in [7, 11) is 3.30. The van der Waals surface area contributed by atoms with Crippen LogP contribution in [0.5, 0.6) is 0 Å². The molecule has 0 saturated heterocycles. The topological polar surface area (TPSA) is 59.4 Å². The summed E-state index contributed by atoms with van der Waals surface area (Å²) >= 11 is 6.22. The monoisotopic (exact) mass is 308 g/mol. The minimum absolute atomic E-state index is 0.213. The van der Waals surface area contributed by atoms with Gasteiger partial charge in [-0.05, 0) is 24.3 Å². The molecule has 112 valence electrons. The van der Waals surface area contributed by atoms with E-state index in [9.17, 15) is 4.79 Å². The molecule has 0 aliphatic carbocycles. The van der Waals surface area contributed by atoms with Crippen LogP contribution in [-0.2, 0) is 4.74 Å². The number of aromatic nitrogens is 2. The first-order valence-corrected chi connectivity index (χ1v) is 6.80. The quantitative estimate of drug-likeness (QED) is 0.923. The number of carbonyl (C=O) groups excluding carboxylic acids is 1. The van der Waals surface area contributed by atoms with Gasteiger partial charge in [-0.3, -0.25) is 0 Å². The Morgan fingerprint density at radius 3 is 2.95 bits per heavy atom. The molecule has 0 unspecified atom stereocenters. The highest BCUT2D eigenvalue weighted by Gasteiger charge is 2.10. The van der Waals surface area contributed by atoms with E-state index in [0.717, 1.165) is 5.69 Å². The predicted molar refractivity (Wildman–Crippen MR) is 82.1 cm³/mol. The van der Waals surface area contributed by atoms with Gasteiger partial charge in [0.1, 0.15) is 0 Å². The molecule has 2 aromatic rings. The van der Waals surface area contributed by atoms with E-state index in [1.54, 1.807) is 54.3 Å². The fourth-order valence-electron chi connectivity index (χ4n) is 1.73. The SMILES string of the molecule is COCCN(C)C(=O)Nc1ccc(-n2cccn2)c(Cl)c1. The van der Waals surface area contributed by atoms with Crippen LogP contribution >= 0.6 is 11.6 Å². The van der Waals surface area contributed by atoms with E-state index < -0.39 is 0 Å². The maximum absolute atomic E-state index is 11.9. The number of ether oxygens (including phenoxy) is 1. The van der Waals surface area contributed by atoms with Gasteiger partial charge in [0, 0.05) is 38.8 Å². The normalized spacial score (nSPS) is 10.4. The van der Waals surface area contributed by atoms with Crippen molar-refractivity contribution in [1.82, 2.24) is 14.7 Å². The summed E-state index contributed by atoms with van der Waals surface area (Å²) in [6, 6.07) is 6.89. The van der Waals surface area contributed by atoms with Gasteiger partial charge in [-0.1, -0.05) is 11.6 Å². The van der Waals surface area contributed by atoms with E-state index in [4.69, 9.17) is 16.3 Å². The Bertz CT molecular complexity index is 601. The molecule has 0 fully saturated rings. The van der Waals surface area contributed by atoms with Crippen molar-refractivity contribution >= 4 is 23.3 Å². The minimum atomic E-state index is -0.213. The Labute approximate surface area is 128 Å². The van der Waals surface area contributed by atoms with Crippen LogP contribution in [0, 0.1) is 0 Å². The first-order valence-electron chi connectivity index (χ1n) is 6.42. The van der Waals surface area contributed by atoms with Crippen molar-refractivity contribution in [3.63, 3.8) is 0 Å². The summed E-state index contributed by atoms with van der Waals surface area (Å²) in [5, 5.41) is 7.41. The number of amides is 2. The van der Waals surface area contributed by atoms with Crippen molar-refractivity contribution in [2.75, 3.05) is 32.6 Å². The highest BCUT2D eigenvalue weighted by Crippen LogP contribution is 2.23.